The Morgan fingerprint density at radius 3 is 2.83 bits per heavy atom. The second kappa shape index (κ2) is 7.52. The molecule has 6 nitrogen and oxygen atoms in total. The molecule has 126 valence electrons. The zero-order valence-corrected chi connectivity index (χ0v) is 13.3. The van der Waals surface area contributed by atoms with Crippen molar-refractivity contribution in [2.24, 2.45) is 5.73 Å². The lowest BCUT2D eigenvalue weighted by Crippen LogP contribution is -2.58. The highest BCUT2D eigenvalue weighted by molar-refractivity contribution is 5.82. The van der Waals surface area contributed by atoms with Crippen LogP contribution in [0.2, 0.25) is 0 Å². The number of rotatable bonds is 5. The second-order valence-electron chi connectivity index (χ2n) is 5.78. The van der Waals surface area contributed by atoms with E-state index in [2.05, 4.69) is 5.43 Å². The summed E-state index contributed by atoms with van der Waals surface area (Å²) in [4.78, 5) is 23.8. The molecule has 0 spiro atoms. The molecule has 1 heterocycles. The molecule has 2 amide bonds. The number of methoxy groups -OCH3 is 1. The van der Waals surface area contributed by atoms with Crippen molar-refractivity contribution < 1.29 is 18.7 Å². The first-order valence-corrected chi connectivity index (χ1v) is 7.54. The molecule has 2 rings (SSSR count). The van der Waals surface area contributed by atoms with Crippen molar-refractivity contribution in [2.45, 2.75) is 38.3 Å². The number of ether oxygens (including phenoxy) is 1. The molecule has 0 aromatic heterocycles. The number of primary amides is 1. The second-order valence-corrected chi connectivity index (χ2v) is 5.78. The largest absolute Gasteiger partial charge is 0.381 e. The SMILES string of the molecule is COC1CCN(NC(=O)Cc2ccc(F)cc2C)C(C(N)=O)C1. The van der Waals surface area contributed by atoms with Gasteiger partial charge in [-0.3, -0.25) is 15.0 Å². The molecule has 3 N–H and O–H groups in total. The van der Waals surface area contributed by atoms with E-state index < -0.39 is 11.9 Å². The molecule has 0 radical (unpaired) electrons. The summed E-state index contributed by atoms with van der Waals surface area (Å²) in [5, 5.41) is 1.57. The number of carbonyl (C=O) groups is 2. The topological polar surface area (TPSA) is 84.7 Å². The Balaban J connectivity index is 1.99. The van der Waals surface area contributed by atoms with Crippen LogP contribution in [0.3, 0.4) is 0 Å². The smallest absolute Gasteiger partial charge is 0.238 e. The summed E-state index contributed by atoms with van der Waals surface area (Å²) in [5.74, 6) is -1.09. The van der Waals surface area contributed by atoms with Gasteiger partial charge in [0.1, 0.15) is 11.9 Å². The number of aryl methyl sites for hydroxylation is 1. The first kappa shape index (κ1) is 17.4. The molecule has 1 aliphatic rings. The Labute approximate surface area is 134 Å². The van der Waals surface area contributed by atoms with E-state index in [9.17, 15) is 14.0 Å². The summed E-state index contributed by atoms with van der Waals surface area (Å²) in [6.45, 7) is 2.24. The standard InChI is InChI=1S/C16H22FN3O3/c1-10-7-12(17)4-3-11(10)8-15(21)19-20-6-5-13(23-2)9-14(20)16(18)22/h3-4,7,13-14H,5-6,8-9H2,1-2H3,(H2,18,22)(H,19,21). The predicted octanol–water partition coefficient (Wildman–Crippen LogP) is 0.673. The van der Waals surface area contributed by atoms with Crippen LogP contribution in [0.25, 0.3) is 0 Å². The molecule has 23 heavy (non-hydrogen) atoms. The van der Waals surface area contributed by atoms with Crippen molar-refractivity contribution in [1.82, 2.24) is 10.4 Å². The van der Waals surface area contributed by atoms with Crippen LogP contribution in [0, 0.1) is 12.7 Å². The minimum absolute atomic E-state index is 0.0417. The molecule has 0 bridgehead atoms. The Hall–Kier alpha value is -1.99. The first-order chi connectivity index (χ1) is 10.9. The molecule has 0 aliphatic carbocycles. The fourth-order valence-electron chi connectivity index (χ4n) is 2.78. The van der Waals surface area contributed by atoms with E-state index in [1.165, 1.54) is 12.1 Å². The van der Waals surface area contributed by atoms with Gasteiger partial charge >= 0.3 is 0 Å². The van der Waals surface area contributed by atoms with E-state index in [0.717, 1.165) is 5.56 Å². The summed E-state index contributed by atoms with van der Waals surface area (Å²) < 4.78 is 18.4. The number of benzene rings is 1. The minimum atomic E-state index is -0.591. The lowest BCUT2D eigenvalue weighted by molar-refractivity contribution is -0.135. The van der Waals surface area contributed by atoms with Gasteiger partial charge in [0.2, 0.25) is 11.8 Å². The molecule has 1 saturated heterocycles. The Kier molecular flexibility index (Phi) is 5.68. The molecule has 7 heteroatoms. The van der Waals surface area contributed by atoms with Gasteiger partial charge in [-0.05, 0) is 43.0 Å². The van der Waals surface area contributed by atoms with Crippen molar-refractivity contribution in [3.8, 4) is 0 Å². The molecule has 2 atom stereocenters. The van der Waals surface area contributed by atoms with Crippen LogP contribution in [0.15, 0.2) is 18.2 Å². The Bertz CT molecular complexity index is 594. The van der Waals surface area contributed by atoms with Gasteiger partial charge in [0.05, 0.1) is 12.5 Å². The molecule has 0 saturated carbocycles. The third-order valence-corrected chi connectivity index (χ3v) is 4.14. The average Bonchev–Trinajstić information content (AvgIpc) is 2.50. The fourth-order valence-corrected chi connectivity index (χ4v) is 2.78. The van der Waals surface area contributed by atoms with Gasteiger partial charge in [-0.2, -0.15) is 0 Å². The average molecular weight is 323 g/mol. The maximum Gasteiger partial charge on any atom is 0.238 e. The van der Waals surface area contributed by atoms with E-state index in [1.807, 2.05) is 0 Å². The normalized spacial score (nSPS) is 21.9. The third-order valence-electron chi connectivity index (χ3n) is 4.14. The molecule has 1 aromatic carbocycles. The first-order valence-electron chi connectivity index (χ1n) is 7.54. The van der Waals surface area contributed by atoms with E-state index in [1.54, 1.807) is 25.1 Å². The van der Waals surface area contributed by atoms with Gasteiger partial charge < -0.3 is 10.5 Å². The number of hydrazine groups is 1. The van der Waals surface area contributed by atoms with Crippen LogP contribution in [-0.2, 0) is 20.7 Å². The quantitative estimate of drug-likeness (QED) is 0.834. The highest BCUT2D eigenvalue weighted by atomic mass is 19.1. The van der Waals surface area contributed by atoms with Crippen LogP contribution in [0.4, 0.5) is 4.39 Å². The van der Waals surface area contributed by atoms with Gasteiger partial charge in [0.15, 0.2) is 0 Å². The van der Waals surface area contributed by atoms with E-state index in [0.29, 0.717) is 24.9 Å². The summed E-state index contributed by atoms with van der Waals surface area (Å²) >= 11 is 0. The number of hydrogen-bond acceptors (Lipinski definition) is 4. The van der Waals surface area contributed by atoms with Gasteiger partial charge in [0, 0.05) is 13.7 Å². The maximum atomic E-state index is 13.1. The molecule has 2 unspecified atom stereocenters. The number of halogens is 1. The molecule has 1 aliphatic heterocycles. The molecule has 1 aromatic rings. The summed E-state index contributed by atoms with van der Waals surface area (Å²) in [7, 11) is 1.59. The predicted molar refractivity (Wildman–Crippen MR) is 82.7 cm³/mol. The summed E-state index contributed by atoms with van der Waals surface area (Å²) in [6, 6.07) is 3.71. The van der Waals surface area contributed by atoms with Crippen molar-refractivity contribution in [3.05, 3.63) is 35.1 Å². The lowest BCUT2D eigenvalue weighted by Gasteiger charge is -2.37. The zero-order valence-electron chi connectivity index (χ0n) is 13.3. The number of amides is 2. The maximum absolute atomic E-state index is 13.1. The van der Waals surface area contributed by atoms with Crippen molar-refractivity contribution in [3.63, 3.8) is 0 Å². The number of nitrogens with one attached hydrogen (secondary N) is 1. The van der Waals surface area contributed by atoms with Crippen molar-refractivity contribution in [2.75, 3.05) is 13.7 Å². The van der Waals surface area contributed by atoms with Crippen LogP contribution in [0.5, 0.6) is 0 Å². The zero-order chi connectivity index (χ0) is 17.0. The number of nitrogens with zero attached hydrogens (tertiary/aromatic N) is 1. The van der Waals surface area contributed by atoms with Gasteiger partial charge in [-0.1, -0.05) is 6.07 Å². The van der Waals surface area contributed by atoms with Gasteiger partial charge in [-0.25, -0.2) is 9.40 Å². The van der Waals surface area contributed by atoms with Crippen LogP contribution >= 0.6 is 0 Å². The highest BCUT2D eigenvalue weighted by Crippen LogP contribution is 2.18. The van der Waals surface area contributed by atoms with E-state index in [-0.39, 0.29) is 24.2 Å². The van der Waals surface area contributed by atoms with Crippen LogP contribution < -0.4 is 11.2 Å². The Morgan fingerprint density at radius 2 is 2.22 bits per heavy atom. The number of piperidine rings is 1. The van der Waals surface area contributed by atoms with Crippen molar-refractivity contribution >= 4 is 11.8 Å². The fraction of sp³-hybridized carbons (Fsp3) is 0.500. The van der Waals surface area contributed by atoms with E-state index >= 15 is 0 Å². The van der Waals surface area contributed by atoms with Crippen molar-refractivity contribution in [1.29, 1.82) is 0 Å². The number of nitrogens with two attached hydrogens (primary N) is 1. The number of hydrogen-bond donors (Lipinski definition) is 2. The molecular weight excluding hydrogens is 301 g/mol. The van der Waals surface area contributed by atoms with Crippen LogP contribution in [-0.4, -0.2) is 42.6 Å². The Morgan fingerprint density at radius 1 is 1.48 bits per heavy atom. The van der Waals surface area contributed by atoms with Gasteiger partial charge in [-0.15, -0.1) is 0 Å². The third kappa shape index (κ3) is 4.49. The van der Waals surface area contributed by atoms with Gasteiger partial charge in [0.25, 0.3) is 0 Å². The lowest BCUT2D eigenvalue weighted by atomic mass is 10.0. The minimum Gasteiger partial charge on any atom is -0.381 e. The molecule has 1 fully saturated rings. The monoisotopic (exact) mass is 323 g/mol. The summed E-state index contributed by atoms with van der Waals surface area (Å²) in [6.07, 6.45) is 1.22. The van der Waals surface area contributed by atoms with E-state index in [4.69, 9.17) is 10.5 Å². The number of carbonyl (C=O) groups excluding carboxylic acids is 2. The molecular formula is C16H22FN3O3. The summed E-state index contributed by atoms with van der Waals surface area (Å²) in [5.41, 5.74) is 9.60. The van der Waals surface area contributed by atoms with Crippen LogP contribution in [0.1, 0.15) is 24.0 Å². The highest BCUT2D eigenvalue weighted by Gasteiger charge is 2.33.